The highest BCUT2D eigenvalue weighted by atomic mass is 16.5. The van der Waals surface area contributed by atoms with E-state index in [9.17, 15) is 4.79 Å². The molecule has 0 radical (unpaired) electrons. The molecule has 0 saturated heterocycles. The maximum atomic E-state index is 12.1. The van der Waals surface area contributed by atoms with Crippen molar-refractivity contribution in [2.24, 2.45) is 0 Å². The summed E-state index contributed by atoms with van der Waals surface area (Å²) in [6.45, 7) is 12.8. The fourth-order valence-electron chi connectivity index (χ4n) is 3.53. The van der Waals surface area contributed by atoms with Crippen LogP contribution in [0, 0.1) is 13.8 Å². The third-order valence-corrected chi connectivity index (χ3v) is 4.93. The van der Waals surface area contributed by atoms with E-state index >= 15 is 0 Å². The van der Waals surface area contributed by atoms with E-state index in [4.69, 9.17) is 4.74 Å². The van der Waals surface area contributed by atoms with Crippen molar-refractivity contribution in [1.29, 1.82) is 0 Å². The first-order valence-electron chi connectivity index (χ1n) is 7.75. The molecular formula is C18H22N2O2. The topological polar surface area (TPSA) is 44.1 Å². The number of hydrogen-bond acceptors (Lipinski definition) is 3. The van der Waals surface area contributed by atoms with E-state index in [1.54, 1.807) is 0 Å². The smallest absolute Gasteiger partial charge is 0.357 e. The van der Waals surface area contributed by atoms with Crippen molar-refractivity contribution in [2.75, 3.05) is 6.61 Å². The molecule has 0 aliphatic carbocycles. The average molecular weight is 298 g/mol. The molecule has 3 aliphatic heterocycles. The van der Waals surface area contributed by atoms with Gasteiger partial charge in [-0.3, -0.25) is 0 Å². The van der Waals surface area contributed by atoms with Crippen LogP contribution in [0.25, 0.3) is 16.8 Å². The van der Waals surface area contributed by atoms with E-state index < -0.39 is 0 Å². The molecule has 3 aliphatic rings. The van der Waals surface area contributed by atoms with Crippen LogP contribution in [0.15, 0.2) is 11.6 Å². The number of nitrogens with zero attached hydrogens (tertiary/aromatic N) is 2. The first-order valence-corrected chi connectivity index (χ1v) is 7.75. The Morgan fingerprint density at radius 1 is 1.32 bits per heavy atom. The molecule has 1 atom stereocenters. The van der Waals surface area contributed by atoms with Crippen LogP contribution in [0.5, 0.6) is 0 Å². The Morgan fingerprint density at radius 3 is 2.64 bits per heavy atom. The second-order valence-corrected chi connectivity index (χ2v) is 6.04. The average Bonchev–Trinajstić information content (AvgIpc) is 2.91. The fraction of sp³-hybridized carbons (Fsp3) is 0.444. The highest BCUT2D eigenvalue weighted by molar-refractivity contribution is 5.94. The molecule has 22 heavy (non-hydrogen) atoms. The summed E-state index contributed by atoms with van der Waals surface area (Å²) in [5, 5.41) is 0. The van der Waals surface area contributed by atoms with Crippen molar-refractivity contribution >= 4 is 11.5 Å². The van der Waals surface area contributed by atoms with Crippen molar-refractivity contribution in [1.82, 2.24) is 9.55 Å². The van der Waals surface area contributed by atoms with Crippen LogP contribution in [0.4, 0.5) is 0 Å². The first-order chi connectivity index (χ1) is 10.4. The molecule has 0 aromatic rings. The molecule has 0 saturated carbocycles. The van der Waals surface area contributed by atoms with Gasteiger partial charge in [0.25, 0.3) is 0 Å². The van der Waals surface area contributed by atoms with Crippen LogP contribution in [0.3, 0.4) is 0 Å². The molecular weight excluding hydrogens is 276 g/mol. The lowest BCUT2D eigenvalue weighted by Gasteiger charge is -2.20. The standard InChI is InChI=1S/C18H22N2O2/c1-7-22-18(21)17-11(4)16-13(6)20-12(5)9(2)10(3)15(20)8-14(16)19-17/h8,12H,7H2,1-6H3/t12-/m1/s1. The Morgan fingerprint density at radius 2 is 2.00 bits per heavy atom. The molecule has 0 aromatic heterocycles. The number of carbonyl (C=O) groups excluding carboxylic acids is 1. The van der Waals surface area contributed by atoms with Crippen molar-refractivity contribution in [2.45, 2.75) is 47.6 Å². The minimum Gasteiger partial charge on any atom is -0.461 e. The Kier molecular flexibility index (Phi) is 3.35. The second kappa shape index (κ2) is 4.97. The largest absolute Gasteiger partial charge is 0.461 e. The molecule has 0 aromatic carbocycles. The molecule has 4 heteroatoms. The summed E-state index contributed by atoms with van der Waals surface area (Å²) in [7, 11) is 0. The number of aromatic nitrogens is 2. The maximum absolute atomic E-state index is 12.1. The van der Waals surface area contributed by atoms with Crippen molar-refractivity contribution in [3.63, 3.8) is 0 Å². The number of rotatable bonds is 2. The van der Waals surface area contributed by atoms with Gasteiger partial charge in [0.05, 0.1) is 18.3 Å². The van der Waals surface area contributed by atoms with Crippen molar-refractivity contribution < 1.29 is 9.53 Å². The molecule has 0 unspecified atom stereocenters. The zero-order valence-electron chi connectivity index (χ0n) is 14.1. The predicted octanol–water partition coefficient (Wildman–Crippen LogP) is 4.15. The minimum atomic E-state index is -0.336. The molecule has 3 heterocycles. The first kappa shape index (κ1) is 14.8. The number of ether oxygens (including phenoxy) is 1. The van der Waals surface area contributed by atoms with Crippen LogP contribution < -0.4 is 0 Å². The molecule has 116 valence electrons. The lowest BCUT2D eigenvalue weighted by molar-refractivity contribution is 0.0519. The number of pyridine rings is 1. The quantitative estimate of drug-likeness (QED) is 0.782. The molecule has 0 amide bonds. The van der Waals surface area contributed by atoms with E-state index in [1.807, 2.05) is 13.8 Å². The van der Waals surface area contributed by atoms with Crippen LogP contribution in [0.1, 0.15) is 61.2 Å². The van der Waals surface area contributed by atoms with Crippen LogP contribution in [-0.4, -0.2) is 22.1 Å². The summed E-state index contributed by atoms with van der Waals surface area (Å²) >= 11 is 0. The summed E-state index contributed by atoms with van der Waals surface area (Å²) in [6.07, 6.45) is 0. The van der Waals surface area contributed by atoms with Gasteiger partial charge in [0.15, 0.2) is 5.69 Å². The number of fused-ring (bicyclic) bond motifs is 2. The van der Waals surface area contributed by atoms with Crippen LogP contribution in [0.2, 0.25) is 0 Å². The van der Waals surface area contributed by atoms with Gasteiger partial charge in [0.1, 0.15) is 0 Å². The van der Waals surface area contributed by atoms with Gasteiger partial charge in [-0.25, -0.2) is 9.78 Å². The highest BCUT2D eigenvalue weighted by Crippen LogP contribution is 2.42. The van der Waals surface area contributed by atoms with Gasteiger partial charge in [-0.15, -0.1) is 0 Å². The summed E-state index contributed by atoms with van der Waals surface area (Å²) in [4.78, 5) is 16.6. The van der Waals surface area contributed by atoms with Gasteiger partial charge >= 0.3 is 5.97 Å². The SMILES string of the molecule is CCOC(=O)c1nc2cc3n(c(C)c-2c1C)[C@H](C)C(C)=C3C. The Balaban J connectivity index is 2.27. The van der Waals surface area contributed by atoms with Gasteiger partial charge in [-0.05, 0) is 64.3 Å². The Hall–Kier alpha value is -2.10. The van der Waals surface area contributed by atoms with Gasteiger partial charge in [0.2, 0.25) is 0 Å². The number of hydrogen-bond donors (Lipinski definition) is 0. The van der Waals surface area contributed by atoms with Crippen molar-refractivity contribution in [3.8, 4) is 11.3 Å². The van der Waals surface area contributed by atoms with Gasteiger partial charge in [0, 0.05) is 17.0 Å². The third-order valence-electron chi connectivity index (χ3n) is 4.93. The van der Waals surface area contributed by atoms with Gasteiger partial charge < -0.3 is 9.30 Å². The molecule has 0 spiro atoms. The van der Waals surface area contributed by atoms with Gasteiger partial charge in [-0.2, -0.15) is 0 Å². The molecule has 0 N–H and O–H groups in total. The summed E-state index contributed by atoms with van der Waals surface area (Å²) in [5.41, 5.74) is 8.35. The summed E-state index contributed by atoms with van der Waals surface area (Å²) < 4.78 is 7.46. The van der Waals surface area contributed by atoms with E-state index in [2.05, 4.69) is 43.3 Å². The summed E-state index contributed by atoms with van der Waals surface area (Å²) in [6, 6.07) is 2.44. The number of carbonyl (C=O) groups is 1. The lowest BCUT2D eigenvalue weighted by Crippen LogP contribution is -2.10. The number of esters is 1. The Bertz CT molecular complexity index is 783. The lowest BCUT2D eigenvalue weighted by atomic mass is 10.0. The maximum Gasteiger partial charge on any atom is 0.357 e. The fourth-order valence-corrected chi connectivity index (χ4v) is 3.53. The predicted molar refractivity (Wildman–Crippen MR) is 87.3 cm³/mol. The zero-order valence-corrected chi connectivity index (χ0v) is 14.1. The van der Waals surface area contributed by atoms with E-state index in [-0.39, 0.29) is 5.97 Å². The zero-order chi connectivity index (χ0) is 16.2. The molecule has 0 bridgehead atoms. The van der Waals surface area contributed by atoms with Crippen LogP contribution in [-0.2, 0) is 4.74 Å². The minimum absolute atomic E-state index is 0.336. The third kappa shape index (κ3) is 1.83. The van der Waals surface area contributed by atoms with E-state index in [1.165, 1.54) is 16.8 Å². The monoisotopic (exact) mass is 298 g/mol. The normalized spacial score (nSPS) is 17.3. The van der Waals surface area contributed by atoms with Crippen molar-refractivity contribution in [3.05, 3.63) is 34.3 Å². The van der Waals surface area contributed by atoms with E-state index in [0.717, 1.165) is 22.5 Å². The molecule has 0 fully saturated rings. The number of allylic oxidation sites excluding steroid dienone is 2. The van der Waals surface area contributed by atoms with Crippen LogP contribution >= 0.6 is 0 Å². The van der Waals surface area contributed by atoms with E-state index in [0.29, 0.717) is 18.3 Å². The van der Waals surface area contributed by atoms with Gasteiger partial charge in [-0.1, -0.05) is 0 Å². The second-order valence-electron chi connectivity index (χ2n) is 6.04. The summed E-state index contributed by atoms with van der Waals surface area (Å²) in [5.74, 6) is -0.336. The molecule has 3 rings (SSSR count). The Labute approximate surface area is 131 Å². The highest BCUT2D eigenvalue weighted by Gasteiger charge is 2.30. The molecule has 4 nitrogen and oxygen atoms in total.